The highest BCUT2D eigenvalue weighted by molar-refractivity contribution is 7.90. The fourth-order valence-electron chi connectivity index (χ4n) is 2.47. The van der Waals surface area contributed by atoms with Crippen LogP contribution in [0.4, 0.5) is 0 Å². The summed E-state index contributed by atoms with van der Waals surface area (Å²) in [6.45, 7) is 5.65. The molecule has 1 aromatic carbocycles. The summed E-state index contributed by atoms with van der Waals surface area (Å²) in [7, 11) is -3.77. The van der Waals surface area contributed by atoms with Crippen molar-refractivity contribution in [3.05, 3.63) is 58.9 Å². The van der Waals surface area contributed by atoms with Crippen molar-refractivity contribution in [3.63, 3.8) is 0 Å². The topological polar surface area (TPSA) is 97.4 Å². The average molecular weight is 332 g/mol. The zero-order chi connectivity index (χ0) is 17.0. The highest BCUT2D eigenvalue weighted by Gasteiger charge is 2.20. The maximum absolute atomic E-state index is 12.5. The second-order valence-corrected chi connectivity index (χ2v) is 6.98. The normalized spacial score (nSPS) is 12.2. The van der Waals surface area contributed by atoms with Crippen LogP contribution in [-0.2, 0) is 16.6 Å². The molecule has 1 heterocycles. The first-order valence-electron chi connectivity index (χ1n) is 7.10. The quantitative estimate of drug-likeness (QED) is 0.659. The molecular weight excluding hydrogens is 312 g/mol. The molecule has 0 unspecified atom stereocenters. The molecule has 1 aromatic heterocycles. The largest absolute Gasteiger partial charge is 0.369 e. The molecule has 0 saturated heterocycles. The van der Waals surface area contributed by atoms with E-state index in [1.807, 2.05) is 25.1 Å². The first-order chi connectivity index (χ1) is 10.8. The molecule has 0 fully saturated rings. The van der Waals surface area contributed by atoms with Gasteiger partial charge in [0, 0.05) is 6.20 Å². The number of hydrogen-bond donors (Lipinski definition) is 2. The lowest BCUT2D eigenvalue weighted by Gasteiger charge is -2.13. The summed E-state index contributed by atoms with van der Waals surface area (Å²) in [6, 6.07) is 9.06. The maximum atomic E-state index is 12.5. The summed E-state index contributed by atoms with van der Waals surface area (Å²) in [6.07, 6.45) is 1.64. The molecule has 0 spiro atoms. The molecule has 122 valence electrons. The Morgan fingerprint density at radius 3 is 2.43 bits per heavy atom. The molecule has 0 atom stereocenters. The van der Waals surface area contributed by atoms with E-state index in [1.165, 1.54) is 0 Å². The Balaban J connectivity index is 2.21. The third-order valence-corrected chi connectivity index (χ3v) is 4.91. The third-order valence-electron chi connectivity index (χ3n) is 3.25. The Morgan fingerprint density at radius 1 is 1.22 bits per heavy atom. The molecule has 7 heteroatoms. The van der Waals surface area contributed by atoms with E-state index in [0.717, 1.165) is 5.56 Å². The Labute approximate surface area is 136 Å². The molecule has 6 nitrogen and oxygen atoms in total. The zero-order valence-corrected chi connectivity index (χ0v) is 14.2. The van der Waals surface area contributed by atoms with Gasteiger partial charge in [-0.2, -0.15) is 0 Å². The van der Waals surface area contributed by atoms with Gasteiger partial charge < -0.3 is 5.73 Å². The van der Waals surface area contributed by atoms with Gasteiger partial charge in [-0.15, -0.1) is 0 Å². The molecular formula is C16H20N4O2S. The number of nitrogens with one attached hydrogen (secondary N) is 1. The summed E-state index contributed by atoms with van der Waals surface area (Å²) in [5, 5.41) is 0. The van der Waals surface area contributed by atoms with Gasteiger partial charge in [0.15, 0.2) is 0 Å². The molecule has 0 aliphatic heterocycles. The van der Waals surface area contributed by atoms with Gasteiger partial charge in [0.2, 0.25) is 5.96 Å². The number of nitrogens with two attached hydrogens (primary N) is 1. The summed E-state index contributed by atoms with van der Waals surface area (Å²) in [4.78, 5) is 8.36. The number of sulfonamides is 1. The third kappa shape index (κ3) is 4.29. The van der Waals surface area contributed by atoms with E-state index in [4.69, 9.17) is 5.73 Å². The molecule has 0 saturated carbocycles. The van der Waals surface area contributed by atoms with Crippen LogP contribution in [0.2, 0.25) is 0 Å². The lowest BCUT2D eigenvalue weighted by atomic mass is 10.1. The van der Waals surface area contributed by atoms with Crippen LogP contribution in [0.1, 0.15) is 22.4 Å². The van der Waals surface area contributed by atoms with Crippen LogP contribution in [0.15, 0.2) is 46.4 Å². The second-order valence-electron chi connectivity index (χ2n) is 5.36. The SMILES string of the molecule is Cc1cc(C)c(S(=O)(=O)NC(N)=NCc2ccccn2)c(C)c1. The lowest BCUT2D eigenvalue weighted by Crippen LogP contribution is -2.37. The van der Waals surface area contributed by atoms with E-state index in [2.05, 4.69) is 14.7 Å². The Bertz CT molecular complexity index is 807. The van der Waals surface area contributed by atoms with Crippen molar-refractivity contribution in [2.75, 3.05) is 0 Å². The fourth-order valence-corrected chi connectivity index (χ4v) is 3.88. The van der Waals surface area contributed by atoms with Gasteiger partial charge in [0.25, 0.3) is 10.0 Å². The number of hydrogen-bond acceptors (Lipinski definition) is 4. The van der Waals surface area contributed by atoms with Crippen LogP contribution in [0.3, 0.4) is 0 Å². The van der Waals surface area contributed by atoms with Gasteiger partial charge >= 0.3 is 0 Å². The van der Waals surface area contributed by atoms with E-state index < -0.39 is 10.0 Å². The average Bonchev–Trinajstić information content (AvgIpc) is 2.44. The van der Waals surface area contributed by atoms with Crippen LogP contribution in [0, 0.1) is 20.8 Å². The summed E-state index contributed by atoms with van der Waals surface area (Å²) in [5.41, 5.74) is 8.77. The van der Waals surface area contributed by atoms with Crippen LogP contribution < -0.4 is 10.5 Å². The van der Waals surface area contributed by atoms with Gasteiger partial charge in [0.05, 0.1) is 17.1 Å². The van der Waals surface area contributed by atoms with Gasteiger partial charge in [0.1, 0.15) is 0 Å². The van der Waals surface area contributed by atoms with Gasteiger partial charge in [-0.3, -0.25) is 4.98 Å². The number of pyridine rings is 1. The van der Waals surface area contributed by atoms with E-state index in [0.29, 0.717) is 16.8 Å². The van der Waals surface area contributed by atoms with Crippen molar-refractivity contribution in [1.82, 2.24) is 9.71 Å². The van der Waals surface area contributed by atoms with Crippen molar-refractivity contribution < 1.29 is 8.42 Å². The summed E-state index contributed by atoms with van der Waals surface area (Å²) in [5.74, 6) is -0.157. The molecule has 0 bridgehead atoms. The summed E-state index contributed by atoms with van der Waals surface area (Å²) < 4.78 is 27.4. The molecule has 3 N–H and O–H groups in total. The molecule has 23 heavy (non-hydrogen) atoms. The Morgan fingerprint density at radius 2 is 1.87 bits per heavy atom. The van der Waals surface area contributed by atoms with Crippen LogP contribution >= 0.6 is 0 Å². The molecule has 2 rings (SSSR count). The standard InChI is InChI=1S/C16H20N4O2S/c1-11-8-12(2)15(13(3)9-11)23(21,22)20-16(17)19-10-14-6-4-5-7-18-14/h4-9H,10H2,1-3H3,(H3,17,19,20). The smallest absolute Gasteiger partial charge is 0.264 e. The van der Waals surface area contributed by atoms with Crippen molar-refractivity contribution in [1.29, 1.82) is 0 Å². The number of aliphatic imine (C=N–C) groups is 1. The molecule has 0 aliphatic carbocycles. The van der Waals surface area contributed by atoms with Crippen LogP contribution in [0.5, 0.6) is 0 Å². The molecule has 2 aromatic rings. The zero-order valence-electron chi connectivity index (χ0n) is 13.4. The van der Waals surface area contributed by atoms with E-state index >= 15 is 0 Å². The minimum Gasteiger partial charge on any atom is -0.369 e. The van der Waals surface area contributed by atoms with E-state index in [-0.39, 0.29) is 17.4 Å². The molecule has 0 aliphatic rings. The lowest BCUT2D eigenvalue weighted by molar-refractivity contribution is 0.591. The number of rotatable bonds is 4. The van der Waals surface area contributed by atoms with Crippen molar-refractivity contribution in [2.45, 2.75) is 32.2 Å². The first-order valence-corrected chi connectivity index (χ1v) is 8.58. The predicted octanol–water partition coefficient (Wildman–Crippen LogP) is 1.80. The minimum absolute atomic E-state index is 0.157. The Hall–Kier alpha value is -2.41. The highest BCUT2D eigenvalue weighted by atomic mass is 32.2. The molecule has 0 amide bonds. The van der Waals surface area contributed by atoms with Gasteiger partial charge in [-0.1, -0.05) is 23.8 Å². The van der Waals surface area contributed by atoms with Crippen LogP contribution in [0.25, 0.3) is 0 Å². The number of benzene rings is 1. The number of guanidine groups is 1. The van der Waals surface area contributed by atoms with E-state index in [9.17, 15) is 8.42 Å². The Kier molecular flexibility index (Phi) is 5.00. The van der Waals surface area contributed by atoms with E-state index in [1.54, 1.807) is 32.2 Å². The highest BCUT2D eigenvalue weighted by Crippen LogP contribution is 2.21. The number of aromatic nitrogens is 1. The maximum Gasteiger partial charge on any atom is 0.264 e. The van der Waals surface area contributed by atoms with Crippen molar-refractivity contribution >= 4 is 16.0 Å². The minimum atomic E-state index is -3.77. The second kappa shape index (κ2) is 6.78. The molecule has 0 radical (unpaired) electrons. The summed E-state index contributed by atoms with van der Waals surface area (Å²) >= 11 is 0. The van der Waals surface area contributed by atoms with Crippen molar-refractivity contribution in [3.8, 4) is 0 Å². The predicted molar refractivity (Wildman–Crippen MR) is 90.5 cm³/mol. The van der Waals surface area contributed by atoms with Crippen LogP contribution in [-0.4, -0.2) is 19.4 Å². The monoisotopic (exact) mass is 332 g/mol. The first kappa shape index (κ1) is 17.0. The fraction of sp³-hybridized carbons (Fsp3) is 0.250. The number of nitrogens with zero attached hydrogens (tertiary/aromatic N) is 2. The van der Waals surface area contributed by atoms with Gasteiger partial charge in [-0.25, -0.2) is 18.1 Å². The number of aryl methyl sites for hydroxylation is 3. The van der Waals surface area contributed by atoms with Crippen molar-refractivity contribution in [2.24, 2.45) is 10.7 Å². The van der Waals surface area contributed by atoms with Gasteiger partial charge in [-0.05, 0) is 44.0 Å².